The Hall–Kier alpha value is -1.02. The van der Waals surface area contributed by atoms with Crippen molar-refractivity contribution in [2.75, 3.05) is 13.7 Å². The zero-order valence-electron chi connectivity index (χ0n) is 10.4. The van der Waals surface area contributed by atoms with Crippen molar-refractivity contribution in [3.8, 4) is 5.75 Å². The highest BCUT2D eigenvalue weighted by atomic mass is 16.5. The fourth-order valence-corrected chi connectivity index (χ4v) is 2.04. The summed E-state index contributed by atoms with van der Waals surface area (Å²) in [5.41, 5.74) is 1.30. The fraction of sp³-hybridized carbons (Fsp3) is 0.571. The Labute approximate surface area is 98.0 Å². The van der Waals surface area contributed by atoms with Crippen molar-refractivity contribution in [3.63, 3.8) is 0 Å². The molecule has 0 aliphatic heterocycles. The van der Waals surface area contributed by atoms with Crippen LogP contribution >= 0.6 is 0 Å². The summed E-state index contributed by atoms with van der Waals surface area (Å²) in [5.74, 6) is 2.75. The molecule has 2 rings (SSSR count). The number of nitrogens with one attached hydrogen (secondary N) is 1. The lowest BCUT2D eigenvalue weighted by molar-refractivity contribution is 0.413. The van der Waals surface area contributed by atoms with Gasteiger partial charge < -0.3 is 10.1 Å². The minimum Gasteiger partial charge on any atom is -0.497 e. The third kappa shape index (κ3) is 2.76. The molecular formula is C14H21NO. The Kier molecular flexibility index (Phi) is 3.49. The lowest BCUT2D eigenvalue weighted by atomic mass is 10.1. The molecule has 0 radical (unpaired) electrons. The van der Waals surface area contributed by atoms with Gasteiger partial charge in [0.15, 0.2) is 0 Å². The summed E-state index contributed by atoms with van der Waals surface area (Å²) < 4.78 is 5.23. The zero-order valence-corrected chi connectivity index (χ0v) is 10.4. The van der Waals surface area contributed by atoms with E-state index in [9.17, 15) is 0 Å². The van der Waals surface area contributed by atoms with E-state index in [0.29, 0.717) is 6.04 Å². The summed E-state index contributed by atoms with van der Waals surface area (Å²) >= 11 is 0. The third-order valence-electron chi connectivity index (χ3n) is 3.56. The molecule has 0 bridgehead atoms. The monoisotopic (exact) mass is 219 g/mol. The molecule has 2 heteroatoms. The van der Waals surface area contributed by atoms with Crippen molar-refractivity contribution in [3.05, 3.63) is 29.8 Å². The summed E-state index contributed by atoms with van der Waals surface area (Å²) in [6, 6.07) is 8.69. The van der Waals surface area contributed by atoms with Crippen molar-refractivity contribution >= 4 is 0 Å². The van der Waals surface area contributed by atoms with Gasteiger partial charge in [-0.05, 0) is 49.4 Å². The third-order valence-corrected chi connectivity index (χ3v) is 3.56. The number of benzene rings is 1. The van der Waals surface area contributed by atoms with Crippen LogP contribution < -0.4 is 10.1 Å². The lowest BCUT2D eigenvalue weighted by Gasteiger charge is -2.14. The van der Waals surface area contributed by atoms with Gasteiger partial charge >= 0.3 is 0 Å². The number of methoxy groups -OCH3 is 1. The van der Waals surface area contributed by atoms with Crippen LogP contribution in [-0.4, -0.2) is 13.7 Å². The van der Waals surface area contributed by atoms with E-state index in [2.05, 4.69) is 31.3 Å². The Bertz CT molecular complexity index is 350. The molecule has 1 aromatic carbocycles. The average molecular weight is 219 g/mol. The van der Waals surface area contributed by atoms with Gasteiger partial charge in [-0.2, -0.15) is 0 Å². The molecule has 1 fully saturated rings. The quantitative estimate of drug-likeness (QED) is 0.822. The topological polar surface area (TPSA) is 21.3 Å². The van der Waals surface area contributed by atoms with Crippen LogP contribution in [0.3, 0.4) is 0 Å². The smallest absolute Gasteiger partial charge is 0.119 e. The van der Waals surface area contributed by atoms with Crippen LogP contribution in [-0.2, 0) is 0 Å². The summed E-state index contributed by atoms with van der Waals surface area (Å²) in [4.78, 5) is 0. The van der Waals surface area contributed by atoms with Gasteiger partial charge in [0.1, 0.15) is 5.75 Å². The van der Waals surface area contributed by atoms with E-state index < -0.39 is 0 Å². The maximum absolute atomic E-state index is 5.23. The van der Waals surface area contributed by atoms with Crippen LogP contribution in [0.5, 0.6) is 5.75 Å². The first-order chi connectivity index (χ1) is 7.70. The van der Waals surface area contributed by atoms with Gasteiger partial charge in [-0.1, -0.05) is 19.1 Å². The molecule has 16 heavy (non-hydrogen) atoms. The molecule has 1 aliphatic carbocycles. The van der Waals surface area contributed by atoms with Crippen molar-refractivity contribution < 1.29 is 4.74 Å². The van der Waals surface area contributed by atoms with E-state index in [1.54, 1.807) is 7.11 Å². The van der Waals surface area contributed by atoms with Gasteiger partial charge in [0.25, 0.3) is 0 Å². The second-order valence-electron chi connectivity index (χ2n) is 4.88. The molecule has 1 aromatic rings. The standard InChI is InChI=1S/C14H21NO/c1-10-7-13(10)9-15-11(2)12-5-4-6-14(8-12)16-3/h4-6,8,10-11,13,15H,7,9H2,1-3H3. The normalized spacial score (nSPS) is 25.2. The van der Waals surface area contributed by atoms with Gasteiger partial charge in [-0.3, -0.25) is 0 Å². The molecule has 0 aromatic heterocycles. The summed E-state index contributed by atoms with van der Waals surface area (Å²) in [6.07, 6.45) is 1.39. The fourth-order valence-electron chi connectivity index (χ4n) is 2.04. The Balaban J connectivity index is 1.89. The van der Waals surface area contributed by atoms with Gasteiger partial charge in [0.2, 0.25) is 0 Å². The molecular weight excluding hydrogens is 198 g/mol. The van der Waals surface area contributed by atoms with Crippen LogP contribution in [0.4, 0.5) is 0 Å². The van der Waals surface area contributed by atoms with Gasteiger partial charge in [0, 0.05) is 6.04 Å². The molecule has 88 valence electrons. The van der Waals surface area contributed by atoms with Gasteiger partial charge in [-0.15, -0.1) is 0 Å². The summed E-state index contributed by atoms with van der Waals surface area (Å²) in [5, 5.41) is 3.59. The molecule has 0 heterocycles. The van der Waals surface area contributed by atoms with E-state index in [1.807, 2.05) is 12.1 Å². The molecule has 2 nitrogen and oxygen atoms in total. The van der Waals surface area contributed by atoms with Crippen LogP contribution in [0, 0.1) is 11.8 Å². The predicted molar refractivity (Wildman–Crippen MR) is 66.7 cm³/mol. The molecule has 3 unspecified atom stereocenters. The Morgan fingerprint density at radius 3 is 2.88 bits per heavy atom. The molecule has 1 saturated carbocycles. The van der Waals surface area contributed by atoms with E-state index >= 15 is 0 Å². The highest BCUT2D eigenvalue weighted by molar-refractivity contribution is 5.30. The lowest BCUT2D eigenvalue weighted by Crippen LogP contribution is -2.21. The second-order valence-corrected chi connectivity index (χ2v) is 4.88. The van der Waals surface area contributed by atoms with E-state index in [4.69, 9.17) is 4.74 Å². The van der Waals surface area contributed by atoms with Gasteiger partial charge in [0.05, 0.1) is 7.11 Å². The highest BCUT2D eigenvalue weighted by Crippen LogP contribution is 2.37. The highest BCUT2D eigenvalue weighted by Gasteiger charge is 2.32. The van der Waals surface area contributed by atoms with E-state index in [1.165, 1.54) is 12.0 Å². The number of hydrogen-bond donors (Lipinski definition) is 1. The minimum absolute atomic E-state index is 0.405. The van der Waals surface area contributed by atoms with E-state index in [-0.39, 0.29) is 0 Å². The molecule has 0 amide bonds. The predicted octanol–water partition coefficient (Wildman–Crippen LogP) is 3.00. The first-order valence-electron chi connectivity index (χ1n) is 6.08. The summed E-state index contributed by atoms with van der Waals surface area (Å²) in [7, 11) is 1.71. The maximum Gasteiger partial charge on any atom is 0.119 e. The maximum atomic E-state index is 5.23. The van der Waals surface area contributed by atoms with Crippen molar-refractivity contribution in [2.24, 2.45) is 11.8 Å². The SMILES string of the molecule is COc1cccc(C(C)NCC2CC2C)c1. The van der Waals surface area contributed by atoms with Crippen molar-refractivity contribution in [2.45, 2.75) is 26.3 Å². The first kappa shape index (κ1) is 11.5. The largest absolute Gasteiger partial charge is 0.497 e. The number of ether oxygens (including phenoxy) is 1. The van der Waals surface area contributed by atoms with Crippen LogP contribution in [0.25, 0.3) is 0 Å². The summed E-state index contributed by atoms with van der Waals surface area (Å²) in [6.45, 7) is 5.67. The molecule has 3 atom stereocenters. The van der Waals surface area contributed by atoms with Gasteiger partial charge in [-0.25, -0.2) is 0 Å². The Morgan fingerprint density at radius 1 is 1.50 bits per heavy atom. The average Bonchev–Trinajstić information content (AvgIpc) is 3.02. The van der Waals surface area contributed by atoms with Crippen LogP contribution in [0.15, 0.2) is 24.3 Å². The molecule has 1 N–H and O–H groups in total. The first-order valence-corrected chi connectivity index (χ1v) is 6.08. The molecule has 0 spiro atoms. The second kappa shape index (κ2) is 4.88. The van der Waals surface area contributed by atoms with Crippen LogP contribution in [0.2, 0.25) is 0 Å². The number of rotatable bonds is 5. The molecule has 1 aliphatic rings. The van der Waals surface area contributed by atoms with Crippen LogP contribution in [0.1, 0.15) is 31.9 Å². The Morgan fingerprint density at radius 2 is 2.25 bits per heavy atom. The minimum atomic E-state index is 0.405. The van der Waals surface area contributed by atoms with E-state index in [0.717, 1.165) is 24.1 Å². The molecule has 0 saturated heterocycles. The zero-order chi connectivity index (χ0) is 11.5. The van der Waals surface area contributed by atoms with Crippen molar-refractivity contribution in [1.82, 2.24) is 5.32 Å². The van der Waals surface area contributed by atoms with Crippen molar-refractivity contribution in [1.29, 1.82) is 0 Å². The number of hydrogen-bond acceptors (Lipinski definition) is 2.